The molecule has 0 saturated heterocycles. The Morgan fingerprint density at radius 3 is 2.15 bits per heavy atom. The Morgan fingerprint density at radius 2 is 1.50 bits per heavy atom. The number of rotatable bonds is 13. The molecule has 0 rings (SSSR count). The molecule has 0 amide bonds. The van der Waals surface area contributed by atoms with Gasteiger partial charge in [0.2, 0.25) is 0 Å². The first-order chi connectivity index (χ1) is 9.52. The summed E-state index contributed by atoms with van der Waals surface area (Å²) < 4.78 is 5.09. The zero-order chi connectivity index (χ0) is 15.2. The van der Waals surface area contributed by atoms with Crippen LogP contribution in [0.4, 0.5) is 0 Å². The van der Waals surface area contributed by atoms with E-state index >= 15 is 0 Å². The SMILES string of the molecule is CC(C)CCCCCCCOC(=O)CCCCC(=O)[O-]. The molecule has 4 nitrogen and oxygen atoms in total. The van der Waals surface area contributed by atoms with E-state index in [1.54, 1.807) is 0 Å². The van der Waals surface area contributed by atoms with Gasteiger partial charge in [0.05, 0.1) is 6.61 Å². The molecule has 20 heavy (non-hydrogen) atoms. The third kappa shape index (κ3) is 15.0. The first-order valence-electron chi connectivity index (χ1n) is 7.88. The average molecular weight is 285 g/mol. The van der Waals surface area contributed by atoms with Gasteiger partial charge in [0.25, 0.3) is 0 Å². The van der Waals surface area contributed by atoms with Crippen molar-refractivity contribution in [2.75, 3.05) is 6.61 Å². The monoisotopic (exact) mass is 285 g/mol. The number of hydrogen-bond acceptors (Lipinski definition) is 4. The fourth-order valence-corrected chi connectivity index (χ4v) is 1.98. The van der Waals surface area contributed by atoms with Crippen LogP contribution in [0.3, 0.4) is 0 Å². The molecule has 0 spiro atoms. The van der Waals surface area contributed by atoms with Gasteiger partial charge in [-0.25, -0.2) is 0 Å². The van der Waals surface area contributed by atoms with E-state index in [2.05, 4.69) is 13.8 Å². The van der Waals surface area contributed by atoms with Crippen LogP contribution in [0.5, 0.6) is 0 Å². The molecule has 0 unspecified atom stereocenters. The van der Waals surface area contributed by atoms with Crippen molar-refractivity contribution in [1.82, 2.24) is 0 Å². The van der Waals surface area contributed by atoms with Crippen LogP contribution in [-0.2, 0) is 14.3 Å². The summed E-state index contributed by atoms with van der Waals surface area (Å²) in [7, 11) is 0. The maximum Gasteiger partial charge on any atom is 0.305 e. The standard InChI is InChI=1S/C16H30O4/c1-14(2)10-6-4-3-5-9-13-20-16(19)12-8-7-11-15(17)18/h14H,3-13H2,1-2H3,(H,17,18)/p-1. The molecule has 0 saturated carbocycles. The van der Waals surface area contributed by atoms with Gasteiger partial charge in [-0.3, -0.25) is 4.79 Å². The predicted molar refractivity (Wildman–Crippen MR) is 77.0 cm³/mol. The Balaban J connectivity index is 3.21. The summed E-state index contributed by atoms with van der Waals surface area (Å²) in [6.07, 6.45) is 8.44. The van der Waals surface area contributed by atoms with Gasteiger partial charge in [0, 0.05) is 12.4 Å². The summed E-state index contributed by atoms with van der Waals surface area (Å²) in [5.41, 5.74) is 0. The van der Waals surface area contributed by atoms with Gasteiger partial charge in [-0.15, -0.1) is 0 Å². The number of hydrogen-bond donors (Lipinski definition) is 0. The van der Waals surface area contributed by atoms with E-state index in [4.69, 9.17) is 4.74 Å². The molecule has 0 aliphatic carbocycles. The van der Waals surface area contributed by atoms with E-state index in [-0.39, 0.29) is 12.4 Å². The number of carbonyl (C=O) groups excluding carboxylic acids is 2. The highest BCUT2D eigenvalue weighted by molar-refractivity contribution is 5.69. The second-order valence-electron chi connectivity index (χ2n) is 5.75. The lowest BCUT2D eigenvalue weighted by atomic mass is 10.0. The van der Waals surface area contributed by atoms with Crippen molar-refractivity contribution >= 4 is 11.9 Å². The average Bonchev–Trinajstić information content (AvgIpc) is 2.37. The van der Waals surface area contributed by atoms with Crippen molar-refractivity contribution in [2.24, 2.45) is 5.92 Å². The topological polar surface area (TPSA) is 66.4 Å². The second-order valence-corrected chi connectivity index (χ2v) is 5.75. The number of unbranched alkanes of at least 4 members (excludes halogenated alkanes) is 5. The minimum atomic E-state index is -1.06. The van der Waals surface area contributed by atoms with Gasteiger partial charge in [-0.05, 0) is 31.6 Å². The number of esters is 1. The maximum absolute atomic E-state index is 11.3. The normalized spacial score (nSPS) is 10.8. The molecule has 0 N–H and O–H groups in total. The van der Waals surface area contributed by atoms with Crippen LogP contribution < -0.4 is 5.11 Å². The number of carbonyl (C=O) groups is 2. The summed E-state index contributed by atoms with van der Waals surface area (Å²) in [6, 6.07) is 0. The molecule has 0 aromatic carbocycles. The van der Waals surface area contributed by atoms with Gasteiger partial charge in [0.15, 0.2) is 0 Å². The van der Waals surface area contributed by atoms with E-state index < -0.39 is 5.97 Å². The lowest BCUT2D eigenvalue weighted by Gasteiger charge is -2.06. The smallest absolute Gasteiger partial charge is 0.305 e. The van der Waals surface area contributed by atoms with Crippen molar-refractivity contribution in [3.63, 3.8) is 0 Å². The minimum absolute atomic E-state index is 0.0175. The van der Waals surface area contributed by atoms with E-state index in [9.17, 15) is 14.7 Å². The highest BCUT2D eigenvalue weighted by Gasteiger charge is 2.02. The molecule has 0 atom stereocenters. The molecular weight excluding hydrogens is 256 g/mol. The second kappa shape index (κ2) is 12.9. The van der Waals surface area contributed by atoms with Crippen LogP contribution in [0, 0.1) is 5.92 Å². The Hall–Kier alpha value is -1.06. The van der Waals surface area contributed by atoms with Gasteiger partial charge >= 0.3 is 5.97 Å². The lowest BCUT2D eigenvalue weighted by molar-refractivity contribution is -0.305. The summed E-state index contributed by atoms with van der Waals surface area (Å²) in [6.45, 7) is 4.97. The van der Waals surface area contributed by atoms with Crippen LogP contribution in [-0.4, -0.2) is 18.5 Å². The van der Waals surface area contributed by atoms with Crippen LogP contribution in [0.2, 0.25) is 0 Å². The minimum Gasteiger partial charge on any atom is -0.550 e. The first-order valence-corrected chi connectivity index (χ1v) is 7.88. The van der Waals surface area contributed by atoms with Crippen molar-refractivity contribution in [3.8, 4) is 0 Å². The Morgan fingerprint density at radius 1 is 0.900 bits per heavy atom. The zero-order valence-electron chi connectivity index (χ0n) is 13.0. The van der Waals surface area contributed by atoms with Crippen LogP contribution in [0.1, 0.15) is 78.1 Å². The largest absolute Gasteiger partial charge is 0.550 e. The van der Waals surface area contributed by atoms with Crippen molar-refractivity contribution in [1.29, 1.82) is 0 Å². The van der Waals surface area contributed by atoms with Gasteiger partial charge < -0.3 is 14.6 Å². The quantitative estimate of drug-likeness (QED) is 0.385. The highest BCUT2D eigenvalue weighted by atomic mass is 16.5. The molecule has 4 heteroatoms. The molecule has 0 fully saturated rings. The third-order valence-electron chi connectivity index (χ3n) is 3.20. The fraction of sp³-hybridized carbons (Fsp3) is 0.875. The van der Waals surface area contributed by atoms with Gasteiger partial charge in [0.1, 0.15) is 0 Å². The fourth-order valence-electron chi connectivity index (χ4n) is 1.98. The zero-order valence-corrected chi connectivity index (χ0v) is 13.0. The number of aliphatic carboxylic acids is 1. The molecule has 118 valence electrons. The summed E-state index contributed by atoms with van der Waals surface area (Å²) in [5, 5.41) is 10.2. The molecule has 0 aliphatic heterocycles. The molecule has 0 aliphatic rings. The maximum atomic E-state index is 11.3. The Labute approximate surface area is 122 Å². The molecular formula is C16H29O4-. The molecule has 0 bridgehead atoms. The van der Waals surface area contributed by atoms with Crippen LogP contribution in [0.25, 0.3) is 0 Å². The summed E-state index contributed by atoms with van der Waals surface area (Å²) in [5.74, 6) is -0.494. The van der Waals surface area contributed by atoms with Crippen molar-refractivity contribution in [3.05, 3.63) is 0 Å². The van der Waals surface area contributed by atoms with Crippen molar-refractivity contribution < 1.29 is 19.4 Å². The van der Waals surface area contributed by atoms with E-state index in [0.29, 0.717) is 25.9 Å². The van der Waals surface area contributed by atoms with Crippen LogP contribution >= 0.6 is 0 Å². The number of carboxylic acids is 1. The third-order valence-corrected chi connectivity index (χ3v) is 3.20. The van der Waals surface area contributed by atoms with E-state index in [1.807, 2.05) is 0 Å². The first kappa shape index (κ1) is 18.9. The van der Waals surface area contributed by atoms with E-state index in [0.717, 1.165) is 18.8 Å². The highest BCUT2D eigenvalue weighted by Crippen LogP contribution is 2.10. The van der Waals surface area contributed by atoms with Crippen LogP contribution in [0.15, 0.2) is 0 Å². The number of ether oxygens (including phenoxy) is 1. The summed E-state index contributed by atoms with van der Waals surface area (Å²) in [4.78, 5) is 21.5. The molecule has 0 radical (unpaired) electrons. The van der Waals surface area contributed by atoms with E-state index in [1.165, 1.54) is 25.7 Å². The molecule has 0 aromatic heterocycles. The lowest BCUT2D eigenvalue weighted by Crippen LogP contribution is -2.21. The Bertz CT molecular complexity index is 261. The Kier molecular flexibility index (Phi) is 12.3. The van der Waals surface area contributed by atoms with Gasteiger partial charge in [-0.1, -0.05) is 46.0 Å². The predicted octanol–water partition coefficient (Wildman–Crippen LogP) is 2.84. The number of carboxylic acid groups (broad SMARTS) is 1. The van der Waals surface area contributed by atoms with Gasteiger partial charge in [-0.2, -0.15) is 0 Å². The molecule has 0 heterocycles. The molecule has 0 aromatic rings. The summed E-state index contributed by atoms with van der Waals surface area (Å²) >= 11 is 0. The van der Waals surface area contributed by atoms with Crippen molar-refractivity contribution in [2.45, 2.75) is 78.1 Å².